The summed E-state index contributed by atoms with van der Waals surface area (Å²) in [5, 5.41) is 3.78. The lowest BCUT2D eigenvalue weighted by atomic mass is 9.83. The van der Waals surface area contributed by atoms with E-state index in [0.29, 0.717) is 12.1 Å². The molecule has 3 aliphatic rings. The van der Waals surface area contributed by atoms with Gasteiger partial charge in [0.15, 0.2) is 0 Å². The Morgan fingerprint density at radius 1 is 0.917 bits per heavy atom. The Morgan fingerprint density at radius 2 is 1.67 bits per heavy atom. The van der Waals surface area contributed by atoms with E-state index in [1.54, 1.807) is 0 Å². The molecule has 0 bridgehead atoms. The van der Waals surface area contributed by atoms with Crippen LogP contribution in [-0.2, 0) is 11.3 Å². The fourth-order valence-corrected chi connectivity index (χ4v) is 5.13. The molecule has 2 aliphatic carbocycles. The number of rotatable bonds is 4. The molecule has 0 radical (unpaired) electrons. The molecule has 3 nitrogen and oxygen atoms in total. The van der Waals surface area contributed by atoms with Gasteiger partial charge >= 0.3 is 0 Å². The highest BCUT2D eigenvalue weighted by atomic mass is 16.5. The topological polar surface area (TPSA) is 24.5 Å². The summed E-state index contributed by atoms with van der Waals surface area (Å²) in [4.78, 5) is 2.84. The molecular weight excluding hydrogens is 296 g/mol. The highest BCUT2D eigenvalue weighted by Gasteiger charge is 2.40. The molecule has 3 fully saturated rings. The van der Waals surface area contributed by atoms with Gasteiger partial charge in [0.2, 0.25) is 0 Å². The van der Waals surface area contributed by atoms with E-state index < -0.39 is 0 Å². The lowest BCUT2D eigenvalue weighted by Crippen LogP contribution is -2.64. The van der Waals surface area contributed by atoms with Crippen molar-refractivity contribution in [2.75, 3.05) is 13.1 Å². The van der Waals surface area contributed by atoms with E-state index in [2.05, 4.69) is 40.5 Å². The normalized spacial score (nSPS) is 34.7. The first-order valence-corrected chi connectivity index (χ1v) is 10.1. The zero-order valence-corrected chi connectivity index (χ0v) is 14.8. The van der Waals surface area contributed by atoms with Gasteiger partial charge in [0.05, 0.1) is 12.7 Å². The van der Waals surface area contributed by atoms with Gasteiger partial charge in [-0.05, 0) is 31.2 Å². The number of piperazine rings is 1. The summed E-state index contributed by atoms with van der Waals surface area (Å²) in [6, 6.07) is 12.8. The molecule has 2 saturated carbocycles. The predicted octanol–water partition coefficient (Wildman–Crippen LogP) is 3.73. The molecule has 1 heterocycles. The third-order valence-electron chi connectivity index (χ3n) is 6.33. The predicted molar refractivity (Wildman–Crippen MR) is 98.0 cm³/mol. The van der Waals surface area contributed by atoms with E-state index in [1.165, 1.54) is 63.5 Å². The van der Waals surface area contributed by atoms with Crippen molar-refractivity contribution in [3.63, 3.8) is 0 Å². The Hall–Kier alpha value is -0.900. The summed E-state index contributed by atoms with van der Waals surface area (Å²) in [7, 11) is 0. The summed E-state index contributed by atoms with van der Waals surface area (Å²) in [6.45, 7) is 3.13. The summed E-state index contributed by atoms with van der Waals surface area (Å²) >= 11 is 0. The number of fused-ring (bicyclic) bond motifs is 1. The molecule has 3 heteroatoms. The second-order valence-corrected chi connectivity index (χ2v) is 7.84. The number of nitrogens with zero attached hydrogens (tertiary/aromatic N) is 1. The van der Waals surface area contributed by atoms with Crippen LogP contribution in [0.3, 0.4) is 0 Å². The molecule has 4 rings (SSSR count). The maximum Gasteiger partial charge on any atom is 0.0734 e. The molecule has 1 aliphatic heterocycles. The Kier molecular flexibility index (Phi) is 5.51. The first-order chi connectivity index (χ1) is 11.9. The first-order valence-electron chi connectivity index (χ1n) is 10.1. The molecule has 0 amide bonds. The van der Waals surface area contributed by atoms with E-state index in [9.17, 15) is 0 Å². The molecule has 4 atom stereocenters. The van der Waals surface area contributed by atoms with Gasteiger partial charge in [0, 0.05) is 31.2 Å². The Bertz CT molecular complexity index is 504. The fraction of sp³-hybridized carbons (Fsp3) is 0.714. The van der Waals surface area contributed by atoms with E-state index in [-0.39, 0.29) is 0 Å². The Morgan fingerprint density at radius 3 is 2.54 bits per heavy atom. The molecular formula is C21H32N2O. The van der Waals surface area contributed by atoms with Crippen LogP contribution in [0, 0.1) is 0 Å². The Labute approximate surface area is 146 Å². The van der Waals surface area contributed by atoms with E-state index in [4.69, 9.17) is 4.74 Å². The second kappa shape index (κ2) is 7.99. The molecule has 1 N–H and O–H groups in total. The molecule has 1 aromatic carbocycles. The van der Waals surface area contributed by atoms with Crippen molar-refractivity contribution in [2.24, 2.45) is 0 Å². The fourth-order valence-electron chi connectivity index (χ4n) is 5.13. The second-order valence-electron chi connectivity index (χ2n) is 7.84. The quantitative estimate of drug-likeness (QED) is 0.911. The zero-order chi connectivity index (χ0) is 16.2. The molecule has 0 aromatic heterocycles. The summed E-state index contributed by atoms with van der Waals surface area (Å²) in [5.74, 6) is 0. The van der Waals surface area contributed by atoms with Crippen molar-refractivity contribution in [2.45, 2.75) is 82.2 Å². The van der Waals surface area contributed by atoms with Crippen molar-refractivity contribution >= 4 is 0 Å². The average Bonchev–Trinajstić information content (AvgIpc) is 2.67. The largest absolute Gasteiger partial charge is 0.372 e. The SMILES string of the molecule is c1ccc(CO[C@@H]2CCCC[C@@H]2N2CCN[C@H]3CCCC[C@@H]32)cc1. The maximum absolute atomic E-state index is 6.45. The minimum absolute atomic E-state index is 0.416. The van der Waals surface area contributed by atoms with Gasteiger partial charge in [0.25, 0.3) is 0 Å². The van der Waals surface area contributed by atoms with Gasteiger partial charge in [0.1, 0.15) is 0 Å². The van der Waals surface area contributed by atoms with Gasteiger partial charge in [-0.1, -0.05) is 56.0 Å². The summed E-state index contributed by atoms with van der Waals surface area (Å²) in [6.07, 6.45) is 11.2. The van der Waals surface area contributed by atoms with Crippen LogP contribution < -0.4 is 5.32 Å². The number of benzene rings is 1. The van der Waals surface area contributed by atoms with Crippen LogP contribution in [0.1, 0.15) is 56.9 Å². The zero-order valence-electron chi connectivity index (χ0n) is 14.8. The van der Waals surface area contributed by atoms with Crippen molar-refractivity contribution < 1.29 is 4.74 Å². The number of hydrogen-bond acceptors (Lipinski definition) is 3. The third-order valence-corrected chi connectivity index (χ3v) is 6.33. The maximum atomic E-state index is 6.45. The van der Waals surface area contributed by atoms with Crippen LogP contribution >= 0.6 is 0 Å². The van der Waals surface area contributed by atoms with Crippen LogP contribution in [0.4, 0.5) is 0 Å². The lowest BCUT2D eigenvalue weighted by molar-refractivity contribution is -0.0722. The number of nitrogens with one attached hydrogen (secondary N) is 1. The molecule has 0 unspecified atom stereocenters. The minimum atomic E-state index is 0.416. The van der Waals surface area contributed by atoms with Crippen LogP contribution in [-0.4, -0.2) is 42.2 Å². The van der Waals surface area contributed by atoms with E-state index >= 15 is 0 Å². The molecule has 1 saturated heterocycles. The van der Waals surface area contributed by atoms with Crippen molar-refractivity contribution in [1.82, 2.24) is 10.2 Å². The molecule has 132 valence electrons. The van der Waals surface area contributed by atoms with E-state index in [1.807, 2.05) is 0 Å². The van der Waals surface area contributed by atoms with Gasteiger partial charge in [-0.2, -0.15) is 0 Å². The van der Waals surface area contributed by atoms with Crippen LogP contribution in [0.5, 0.6) is 0 Å². The third kappa shape index (κ3) is 3.68. The van der Waals surface area contributed by atoms with Crippen LogP contribution in [0.2, 0.25) is 0 Å². The first kappa shape index (κ1) is 16.6. The monoisotopic (exact) mass is 328 g/mol. The van der Waals surface area contributed by atoms with Crippen molar-refractivity contribution in [1.29, 1.82) is 0 Å². The van der Waals surface area contributed by atoms with Crippen LogP contribution in [0.15, 0.2) is 30.3 Å². The smallest absolute Gasteiger partial charge is 0.0734 e. The summed E-state index contributed by atoms with van der Waals surface area (Å²) < 4.78 is 6.45. The minimum Gasteiger partial charge on any atom is -0.372 e. The summed E-state index contributed by atoms with van der Waals surface area (Å²) in [5.41, 5.74) is 1.30. The van der Waals surface area contributed by atoms with E-state index in [0.717, 1.165) is 25.2 Å². The van der Waals surface area contributed by atoms with Crippen molar-refractivity contribution in [3.05, 3.63) is 35.9 Å². The molecule has 0 spiro atoms. The highest BCUT2D eigenvalue weighted by molar-refractivity contribution is 5.13. The van der Waals surface area contributed by atoms with Gasteiger partial charge in [-0.15, -0.1) is 0 Å². The van der Waals surface area contributed by atoms with Gasteiger partial charge < -0.3 is 10.1 Å². The van der Waals surface area contributed by atoms with Crippen LogP contribution in [0.25, 0.3) is 0 Å². The Balaban J connectivity index is 1.43. The molecule has 1 aromatic rings. The number of ether oxygens (including phenoxy) is 1. The van der Waals surface area contributed by atoms with Gasteiger partial charge in [-0.25, -0.2) is 0 Å². The average molecular weight is 329 g/mol. The standard InChI is InChI=1S/C21H32N2O/c1-2-8-17(9-3-1)16-24-21-13-7-6-12-20(21)23-15-14-22-18-10-4-5-11-19(18)23/h1-3,8-9,18-22H,4-7,10-16H2/t18-,19-,20-,21+/m0/s1. The van der Waals surface area contributed by atoms with Crippen molar-refractivity contribution in [3.8, 4) is 0 Å². The molecule has 24 heavy (non-hydrogen) atoms. The lowest BCUT2D eigenvalue weighted by Gasteiger charge is -2.50. The number of hydrogen-bond donors (Lipinski definition) is 1. The van der Waals surface area contributed by atoms with Gasteiger partial charge in [-0.3, -0.25) is 4.90 Å². The highest BCUT2D eigenvalue weighted by Crippen LogP contribution is 2.33.